The number of nitrogens with one attached hydrogen (secondary N) is 1. The first-order chi connectivity index (χ1) is 7.61. The van der Waals surface area contributed by atoms with Crippen LogP contribution in [0.5, 0.6) is 0 Å². The summed E-state index contributed by atoms with van der Waals surface area (Å²) in [5, 5.41) is 0. The molecule has 2 heterocycles. The Morgan fingerprint density at radius 3 is 2.69 bits per heavy atom. The molecule has 4 nitrogen and oxygen atoms in total. The highest BCUT2D eigenvalue weighted by atomic mass is 15.3. The maximum atomic E-state index is 5.36. The smallest absolute Gasteiger partial charge is 0.141 e. The molecule has 0 saturated carbocycles. The number of pyridine rings is 1. The highest BCUT2D eigenvalue weighted by Gasteiger charge is 2.25. The average Bonchev–Trinajstić information content (AvgIpc) is 2.29. The van der Waals surface area contributed by atoms with Gasteiger partial charge in [0.05, 0.1) is 0 Å². The number of anilines is 2. The fourth-order valence-electron chi connectivity index (χ4n) is 2.07. The summed E-state index contributed by atoms with van der Waals surface area (Å²) in [7, 11) is 0. The zero-order chi connectivity index (χ0) is 11.6. The number of hydrogen-bond donors (Lipinski definition) is 2. The lowest BCUT2D eigenvalue weighted by molar-refractivity contribution is 0.280. The van der Waals surface area contributed by atoms with Crippen LogP contribution in [-0.4, -0.2) is 18.1 Å². The van der Waals surface area contributed by atoms with Gasteiger partial charge in [-0.2, -0.15) is 0 Å². The van der Waals surface area contributed by atoms with Crippen molar-refractivity contribution in [3.8, 4) is 0 Å². The Bertz CT molecular complexity index is 352. The predicted molar refractivity (Wildman–Crippen MR) is 67.3 cm³/mol. The molecule has 0 unspecified atom stereocenters. The number of rotatable bonds is 2. The van der Waals surface area contributed by atoms with Crippen molar-refractivity contribution in [1.82, 2.24) is 4.98 Å². The first-order valence-corrected chi connectivity index (χ1v) is 5.78. The lowest BCUT2D eigenvalue weighted by atomic mass is 9.82. The van der Waals surface area contributed by atoms with Crippen LogP contribution in [0.25, 0.3) is 0 Å². The van der Waals surface area contributed by atoms with Crippen LogP contribution in [0.3, 0.4) is 0 Å². The van der Waals surface area contributed by atoms with E-state index in [0.717, 1.165) is 18.9 Å². The van der Waals surface area contributed by atoms with Crippen molar-refractivity contribution in [2.75, 3.05) is 23.4 Å². The van der Waals surface area contributed by atoms with Gasteiger partial charge in [-0.15, -0.1) is 0 Å². The van der Waals surface area contributed by atoms with E-state index in [1.165, 1.54) is 18.5 Å². The maximum Gasteiger partial charge on any atom is 0.141 e. The molecule has 0 atom stereocenters. The third-order valence-corrected chi connectivity index (χ3v) is 3.37. The van der Waals surface area contributed by atoms with Gasteiger partial charge < -0.3 is 10.3 Å². The Labute approximate surface area is 96.8 Å². The molecule has 1 aromatic heterocycles. The summed E-state index contributed by atoms with van der Waals surface area (Å²) in [5.74, 6) is 6.08. The molecule has 1 saturated heterocycles. The molecular weight excluding hydrogens is 200 g/mol. The lowest BCUT2D eigenvalue weighted by Gasteiger charge is -2.38. The van der Waals surface area contributed by atoms with Crippen molar-refractivity contribution < 1.29 is 0 Å². The van der Waals surface area contributed by atoms with E-state index < -0.39 is 0 Å². The summed E-state index contributed by atoms with van der Waals surface area (Å²) in [6.45, 7) is 6.90. The summed E-state index contributed by atoms with van der Waals surface area (Å²) in [6, 6.07) is 4.04. The molecule has 0 spiro atoms. The molecule has 0 aliphatic carbocycles. The van der Waals surface area contributed by atoms with Gasteiger partial charge in [-0.3, -0.25) is 0 Å². The minimum atomic E-state index is 0.485. The predicted octanol–water partition coefficient (Wildman–Crippen LogP) is 1.99. The molecule has 2 rings (SSSR count). The van der Waals surface area contributed by atoms with Gasteiger partial charge in [-0.05, 0) is 24.3 Å². The van der Waals surface area contributed by atoms with E-state index in [4.69, 9.17) is 5.84 Å². The SMILES string of the molecule is CC1(C)CCN(c2ccnc(NN)c2)CC1. The molecule has 88 valence electrons. The van der Waals surface area contributed by atoms with Crippen molar-refractivity contribution in [3.63, 3.8) is 0 Å². The second kappa shape index (κ2) is 4.29. The van der Waals surface area contributed by atoms with Crippen molar-refractivity contribution in [2.24, 2.45) is 11.3 Å². The van der Waals surface area contributed by atoms with Gasteiger partial charge >= 0.3 is 0 Å². The monoisotopic (exact) mass is 220 g/mol. The van der Waals surface area contributed by atoms with Crippen LogP contribution in [0.2, 0.25) is 0 Å². The van der Waals surface area contributed by atoms with E-state index >= 15 is 0 Å². The van der Waals surface area contributed by atoms with Crippen LogP contribution >= 0.6 is 0 Å². The first kappa shape index (κ1) is 11.2. The van der Waals surface area contributed by atoms with Crippen molar-refractivity contribution in [2.45, 2.75) is 26.7 Å². The molecule has 1 aliphatic heterocycles. The molecule has 0 radical (unpaired) electrons. The number of hydrazine groups is 1. The molecule has 0 aromatic carbocycles. The van der Waals surface area contributed by atoms with Gasteiger partial charge in [0, 0.05) is 31.0 Å². The van der Waals surface area contributed by atoms with Crippen LogP contribution in [0.15, 0.2) is 18.3 Å². The summed E-state index contributed by atoms with van der Waals surface area (Å²) in [4.78, 5) is 6.52. The molecule has 3 N–H and O–H groups in total. The number of nitrogen functional groups attached to an aromatic ring is 1. The van der Waals surface area contributed by atoms with Crippen LogP contribution in [0, 0.1) is 5.41 Å². The quantitative estimate of drug-likeness (QED) is 0.591. The third kappa shape index (κ3) is 2.44. The van der Waals surface area contributed by atoms with Crippen LogP contribution in [-0.2, 0) is 0 Å². The molecule has 4 heteroatoms. The Balaban J connectivity index is 2.08. The minimum absolute atomic E-state index is 0.485. The highest BCUT2D eigenvalue weighted by molar-refractivity contribution is 5.53. The number of piperidine rings is 1. The Morgan fingerprint density at radius 2 is 2.06 bits per heavy atom. The van der Waals surface area contributed by atoms with Crippen LogP contribution in [0.4, 0.5) is 11.5 Å². The third-order valence-electron chi connectivity index (χ3n) is 3.37. The van der Waals surface area contributed by atoms with E-state index in [1.54, 1.807) is 6.20 Å². The zero-order valence-electron chi connectivity index (χ0n) is 10.0. The molecule has 0 amide bonds. The summed E-state index contributed by atoms with van der Waals surface area (Å²) < 4.78 is 0. The first-order valence-electron chi connectivity index (χ1n) is 5.78. The lowest BCUT2D eigenvalue weighted by Crippen LogP contribution is -2.37. The second-order valence-corrected chi connectivity index (χ2v) is 5.19. The normalized spacial score (nSPS) is 19.6. The maximum absolute atomic E-state index is 5.36. The topological polar surface area (TPSA) is 54.2 Å². The van der Waals surface area contributed by atoms with Crippen molar-refractivity contribution in [3.05, 3.63) is 18.3 Å². The number of nitrogens with zero attached hydrogens (tertiary/aromatic N) is 2. The molecule has 1 aromatic rings. The standard InChI is InChI=1S/C12H20N4/c1-12(2)4-7-16(8-5-12)10-3-6-14-11(9-10)15-13/h3,6,9H,4-5,7-8,13H2,1-2H3,(H,14,15). The fourth-order valence-corrected chi connectivity index (χ4v) is 2.07. The number of hydrogen-bond acceptors (Lipinski definition) is 4. The van der Waals surface area contributed by atoms with Crippen LogP contribution in [0.1, 0.15) is 26.7 Å². The van der Waals surface area contributed by atoms with Gasteiger partial charge in [-0.25, -0.2) is 10.8 Å². The molecule has 1 fully saturated rings. The van der Waals surface area contributed by atoms with E-state index in [1.807, 2.05) is 12.1 Å². The number of aromatic nitrogens is 1. The zero-order valence-corrected chi connectivity index (χ0v) is 10.0. The average molecular weight is 220 g/mol. The van der Waals surface area contributed by atoms with E-state index in [9.17, 15) is 0 Å². The van der Waals surface area contributed by atoms with Crippen molar-refractivity contribution >= 4 is 11.5 Å². The summed E-state index contributed by atoms with van der Waals surface area (Å²) in [5.41, 5.74) is 4.28. The highest BCUT2D eigenvalue weighted by Crippen LogP contribution is 2.32. The van der Waals surface area contributed by atoms with E-state index in [0.29, 0.717) is 5.41 Å². The minimum Gasteiger partial charge on any atom is -0.371 e. The molecular formula is C12H20N4. The van der Waals surface area contributed by atoms with Gasteiger partial charge in [0.1, 0.15) is 5.82 Å². The largest absolute Gasteiger partial charge is 0.371 e. The van der Waals surface area contributed by atoms with E-state index in [-0.39, 0.29) is 0 Å². The van der Waals surface area contributed by atoms with Crippen molar-refractivity contribution in [1.29, 1.82) is 0 Å². The van der Waals surface area contributed by atoms with Gasteiger partial charge in [0.15, 0.2) is 0 Å². The molecule has 1 aliphatic rings. The second-order valence-electron chi connectivity index (χ2n) is 5.19. The van der Waals surface area contributed by atoms with Gasteiger partial charge in [-0.1, -0.05) is 13.8 Å². The van der Waals surface area contributed by atoms with Gasteiger partial charge in [0.25, 0.3) is 0 Å². The molecule has 0 bridgehead atoms. The number of nitrogens with two attached hydrogens (primary N) is 1. The fraction of sp³-hybridized carbons (Fsp3) is 0.583. The summed E-state index contributed by atoms with van der Waals surface area (Å²) in [6.07, 6.45) is 4.27. The van der Waals surface area contributed by atoms with Gasteiger partial charge in [0.2, 0.25) is 0 Å². The Kier molecular flexibility index (Phi) is 3.01. The summed E-state index contributed by atoms with van der Waals surface area (Å²) >= 11 is 0. The van der Waals surface area contributed by atoms with Crippen LogP contribution < -0.4 is 16.2 Å². The van der Waals surface area contributed by atoms with E-state index in [2.05, 4.69) is 29.2 Å². The Morgan fingerprint density at radius 1 is 1.38 bits per heavy atom. The molecule has 16 heavy (non-hydrogen) atoms. The Hall–Kier alpha value is -1.29.